The molecule has 0 saturated carbocycles. The van der Waals surface area contributed by atoms with Gasteiger partial charge < -0.3 is 15.4 Å². The fraction of sp³-hybridized carbons (Fsp3) is 0.143. The molecule has 0 atom stereocenters. The normalized spacial score (nSPS) is 11.1. The molecule has 32 heavy (non-hydrogen) atoms. The Balaban J connectivity index is 1.47. The predicted molar refractivity (Wildman–Crippen MR) is 110 cm³/mol. The summed E-state index contributed by atoms with van der Waals surface area (Å²) < 4.78 is 42.5. The number of amides is 2. The lowest BCUT2D eigenvalue weighted by molar-refractivity contribution is -0.146. The van der Waals surface area contributed by atoms with E-state index in [1.165, 1.54) is 0 Å². The SMILES string of the molecule is O=C(COC(=O)CNC(=O)c1ccc2ccccc2c1)Nc1ncc(C(F)(F)F)cc1Cl. The summed E-state index contributed by atoms with van der Waals surface area (Å²) >= 11 is 5.69. The van der Waals surface area contributed by atoms with E-state index >= 15 is 0 Å². The van der Waals surface area contributed by atoms with Crippen molar-refractivity contribution in [1.29, 1.82) is 0 Å². The van der Waals surface area contributed by atoms with Crippen LogP contribution in [-0.2, 0) is 20.5 Å². The molecular formula is C21H15ClF3N3O4. The molecule has 2 amide bonds. The van der Waals surface area contributed by atoms with Crippen molar-refractivity contribution in [3.63, 3.8) is 0 Å². The van der Waals surface area contributed by atoms with Crippen LogP contribution in [0.15, 0.2) is 54.7 Å². The average molecular weight is 466 g/mol. The molecule has 7 nitrogen and oxygen atoms in total. The number of esters is 1. The van der Waals surface area contributed by atoms with Gasteiger partial charge in [0.15, 0.2) is 12.4 Å². The van der Waals surface area contributed by atoms with Crippen molar-refractivity contribution in [3.05, 3.63) is 70.9 Å². The second-order valence-corrected chi connectivity index (χ2v) is 6.91. The van der Waals surface area contributed by atoms with Crippen LogP contribution < -0.4 is 10.6 Å². The summed E-state index contributed by atoms with van der Waals surface area (Å²) in [5.74, 6) is -2.57. The summed E-state index contributed by atoms with van der Waals surface area (Å²) in [4.78, 5) is 39.3. The highest BCUT2D eigenvalue weighted by Crippen LogP contribution is 2.32. The maximum Gasteiger partial charge on any atom is 0.417 e. The van der Waals surface area contributed by atoms with Crippen LogP contribution in [0.4, 0.5) is 19.0 Å². The van der Waals surface area contributed by atoms with Crippen molar-refractivity contribution in [2.45, 2.75) is 6.18 Å². The second kappa shape index (κ2) is 9.65. The van der Waals surface area contributed by atoms with E-state index < -0.39 is 47.7 Å². The third-order valence-corrected chi connectivity index (χ3v) is 4.48. The third kappa shape index (κ3) is 5.94. The van der Waals surface area contributed by atoms with Crippen LogP contribution in [0.3, 0.4) is 0 Å². The Morgan fingerprint density at radius 3 is 2.44 bits per heavy atom. The molecule has 0 aliphatic carbocycles. The van der Waals surface area contributed by atoms with E-state index in [4.69, 9.17) is 16.3 Å². The number of hydrogen-bond acceptors (Lipinski definition) is 5. The molecule has 0 spiro atoms. The van der Waals surface area contributed by atoms with Crippen molar-refractivity contribution in [1.82, 2.24) is 10.3 Å². The predicted octanol–water partition coefficient (Wildman–Crippen LogP) is 3.82. The largest absolute Gasteiger partial charge is 0.454 e. The quantitative estimate of drug-likeness (QED) is 0.539. The van der Waals surface area contributed by atoms with Gasteiger partial charge in [-0.15, -0.1) is 0 Å². The summed E-state index contributed by atoms with van der Waals surface area (Å²) in [5.41, 5.74) is -0.730. The van der Waals surface area contributed by atoms with Crippen molar-refractivity contribution in [2.75, 3.05) is 18.5 Å². The zero-order chi connectivity index (χ0) is 23.3. The van der Waals surface area contributed by atoms with E-state index in [0.29, 0.717) is 17.8 Å². The molecule has 166 valence electrons. The highest BCUT2D eigenvalue weighted by atomic mass is 35.5. The highest BCUT2D eigenvalue weighted by molar-refractivity contribution is 6.33. The number of benzene rings is 2. The summed E-state index contributed by atoms with van der Waals surface area (Å²) in [6, 6.07) is 13.1. The fourth-order valence-electron chi connectivity index (χ4n) is 2.64. The van der Waals surface area contributed by atoms with Gasteiger partial charge in [0.1, 0.15) is 6.54 Å². The number of fused-ring (bicyclic) bond motifs is 1. The molecule has 0 radical (unpaired) electrons. The minimum absolute atomic E-state index is 0.315. The summed E-state index contributed by atoms with van der Waals surface area (Å²) in [5, 5.41) is 5.90. The van der Waals surface area contributed by atoms with E-state index in [-0.39, 0.29) is 5.82 Å². The Morgan fingerprint density at radius 1 is 1.03 bits per heavy atom. The van der Waals surface area contributed by atoms with Crippen molar-refractivity contribution in [2.24, 2.45) is 0 Å². The Morgan fingerprint density at radius 2 is 1.75 bits per heavy atom. The van der Waals surface area contributed by atoms with E-state index in [9.17, 15) is 27.6 Å². The van der Waals surface area contributed by atoms with Crippen LogP contribution in [0.1, 0.15) is 15.9 Å². The average Bonchev–Trinajstić information content (AvgIpc) is 2.76. The number of alkyl halides is 3. The molecule has 0 fully saturated rings. The number of ether oxygens (including phenoxy) is 1. The van der Waals surface area contributed by atoms with Crippen LogP contribution in [0, 0.1) is 0 Å². The van der Waals surface area contributed by atoms with Crippen molar-refractivity contribution < 1.29 is 32.3 Å². The number of hydrogen-bond donors (Lipinski definition) is 2. The van der Waals surface area contributed by atoms with Crippen LogP contribution >= 0.6 is 11.6 Å². The molecule has 0 saturated heterocycles. The first-order valence-electron chi connectivity index (χ1n) is 9.08. The van der Waals surface area contributed by atoms with E-state index in [2.05, 4.69) is 15.6 Å². The molecule has 0 unspecified atom stereocenters. The molecule has 2 N–H and O–H groups in total. The number of nitrogens with one attached hydrogen (secondary N) is 2. The Hall–Kier alpha value is -3.66. The van der Waals surface area contributed by atoms with Gasteiger partial charge in [-0.25, -0.2) is 4.98 Å². The van der Waals surface area contributed by atoms with E-state index in [0.717, 1.165) is 10.8 Å². The van der Waals surface area contributed by atoms with E-state index in [1.54, 1.807) is 18.2 Å². The molecule has 3 rings (SSSR count). The molecule has 0 bridgehead atoms. The fourth-order valence-corrected chi connectivity index (χ4v) is 2.85. The van der Waals surface area contributed by atoms with Crippen LogP contribution in [-0.4, -0.2) is 35.9 Å². The Kier molecular flexibility index (Phi) is 6.94. The standard InChI is InChI=1S/C21H15ClF3N3O4/c22-16-8-15(21(23,24)25)9-26-19(16)28-17(29)11-32-18(30)10-27-20(31)14-6-5-12-3-1-2-4-13(12)7-14/h1-9H,10-11H2,(H,27,31)(H,26,28,29). The number of anilines is 1. The van der Waals surface area contributed by atoms with Gasteiger partial charge in [0.2, 0.25) is 0 Å². The Labute approximate surface area is 184 Å². The van der Waals surface area contributed by atoms with Crippen molar-refractivity contribution >= 4 is 46.0 Å². The zero-order valence-corrected chi connectivity index (χ0v) is 17.0. The monoisotopic (exact) mass is 465 g/mol. The number of nitrogens with zero attached hydrogens (tertiary/aromatic N) is 1. The first-order valence-corrected chi connectivity index (χ1v) is 9.46. The second-order valence-electron chi connectivity index (χ2n) is 6.51. The molecule has 1 aromatic heterocycles. The number of halogens is 4. The lowest BCUT2D eigenvalue weighted by Crippen LogP contribution is -2.32. The summed E-state index contributed by atoms with van der Waals surface area (Å²) in [6.07, 6.45) is -4.12. The first-order chi connectivity index (χ1) is 15.1. The highest BCUT2D eigenvalue weighted by Gasteiger charge is 2.31. The smallest absolute Gasteiger partial charge is 0.417 e. The van der Waals surface area contributed by atoms with Gasteiger partial charge in [-0.05, 0) is 29.0 Å². The maximum atomic E-state index is 12.6. The molecular weight excluding hydrogens is 451 g/mol. The molecule has 0 aliphatic heterocycles. The van der Waals surface area contributed by atoms with Crippen LogP contribution in [0.2, 0.25) is 5.02 Å². The summed E-state index contributed by atoms with van der Waals surface area (Å²) in [6.45, 7) is -1.23. The van der Waals surface area contributed by atoms with Gasteiger partial charge in [0.05, 0.1) is 10.6 Å². The molecule has 11 heteroatoms. The molecule has 1 heterocycles. The maximum absolute atomic E-state index is 12.6. The molecule has 3 aromatic rings. The lowest BCUT2D eigenvalue weighted by atomic mass is 10.1. The first kappa shape index (κ1) is 23.0. The summed E-state index contributed by atoms with van der Waals surface area (Å²) in [7, 11) is 0. The molecule has 0 aliphatic rings. The van der Waals surface area contributed by atoms with Crippen molar-refractivity contribution in [3.8, 4) is 0 Å². The number of pyridine rings is 1. The van der Waals surface area contributed by atoms with Gasteiger partial charge in [0.25, 0.3) is 11.8 Å². The number of carbonyl (C=O) groups is 3. The van der Waals surface area contributed by atoms with Gasteiger partial charge in [0, 0.05) is 11.8 Å². The minimum atomic E-state index is -4.63. The number of rotatable bonds is 6. The van der Waals surface area contributed by atoms with Gasteiger partial charge >= 0.3 is 12.1 Å². The van der Waals surface area contributed by atoms with Crippen LogP contribution in [0.5, 0.6) is 0 Å². The lowest BCUT2D eigenvalue weighted by Gasteiger charge is -2.10. The molecule has 2 aromatic carbocycles. The number of carbonyl (C=O) groups excluding carboxylic acids is 3. The van der Waals surface area contributed by atoms with Gasteiger partial charge in [-0.3, -0.25) is 14.4 Å². The topological polar surface area (TPSA) is 97.4 Å². The number of aromatic nitrogens is 1. The van der Waals surface area contributed by atoms with Gasteiger partial charge in [-0.1, -0.05) is 41.9 Å². The van der Waals surface area contributed by atoms with Gasteiger partial charge in [-0.2, -0.15) is 13.2 Å². The Bertz CT molecular complexity index is 1180. The minimum Gasteiger partial charge on any atom is -0.454 e. The third-order valence-electron chi connectivity index (χ3n) is 4.20. The van der Waals surface area contributed by atoms with Crippen LogP contribution in [0.25, 0.3) is 10.8 Å². The zero-order valence-electron chi connectivity index (χ0n) is 16.2. The van der Waals surface area contributed by atoms with E-state index in [1.807, 2.05) is 24.3 Å².